The van der Waals surface area contributed by atoms with Gasteiger partial charge in [0.2, 0.25) is 10.0 Å². The van der Waals surface area contributed by atoms with E-state index in [-0.39, 0.29) is 12.5 Å². The molecular weight excluding hydrogens is 292 g/mol. The van der Waals surface area contributed by atoms with Crippen molar-refractivity contribution in [2.45, 2.75) is 20.0 Å². The molecule has 2 rings (SSSR count). The van der Waals surface area contributed by atoms with Gasteiger partial charge in [-0.05, 0) is 18.1 Å². The number of carbonyl (C=O) groups is 1. The Morgan fingerprint density at radius 1 is 1.43 bits per heavy atom. The molecule has 1 aliphatic heterocycles. The summed E-state index contributed by atoms with van der Waals surface area (Å²) in [4.78, 5) is 12.1. The van der Waals surface area contributed by atoms with Crippen LogP contribution in [0.2, 0.25) is 0 Å². The smallest absolute Gasteiger partial charge is 0.263 e. The molecule has 0 saturated heterocycles. The maximum absolute atomic E-state index is 12.1. The molecule has 116 valence electrons. The average molecular weight is 312 g/mol. The average Bonchev–Trinajstić information content (AvgIpc) is 2.42. The Balaban J connectivity index is 2.24. The standard InChI is InChI=1S/C14H20N2O4S/c1-10(2)8-15-14(17)13-9-16(21(3,18)19)11-6-4-5-7-12(11)20-13/h4-7,10,13H,8-9H2,1-3H3,(H,15,17)/t13-/m0/s1. The number of ether oxygens (including phenoxy) is 1. The van der Waals surface area contributed by atoms with Crippen molar-refractivity contribution in [2.24, 2.45) is 5.92 Å². The van der Waals surface area contributed by atoms with E-state index in [0.717, 1.165) is 6.26 Å². The summed E-state index contributed by atoms with van der Waals surface area (Å²) in [5.41, 5.74) is 0.466. The predicted molar refractivity (Wildman–Crippen MR) is 80.9 cm³/mol. The zero-order chi connectivity index (χ0) is 15.6. The zero-order valence-corrected chi connectivity index (χ0v) is 13.2. The number of benzene rings is 1. The summed E-state index contributed by atoms with van der Waals surface area (Å²) in [6.07, 6.45) is 0.284. The quantitative estimate of drug-likeness (QED) is 0.899. The van der Waals surface area contributed by atoms with E-state index in [2.05, 4.69) is 5.32 Å². The topological polar surface area (TPSA) is 75.7 Å². The van der Waals surface area contributed by atoms with Gasteiger partial charge in [-0.15, -0.1) is 0 Å². The van der Waals surface area contributed by atoms with Crippen molar-refractivity contribution in [2.75, 3.05) is 23.7 Å². The second-order valence-electron chi connectivity index (χ2n) is 5.51. The molecule has 1 N–H and O–H groups in total. The fourth-order valence-electron chi connectivity index (χ4n) is 2.07. The molecule has 1 atom stereocenters. The Bertz CT molecular complexity index is 628. The van der Waals surface area contributed by atoms with E-state index in [1.165, 1.54) is 4.31 Å². The van der Waals surface area contributed by atoms with Gasteiger partial charge in [-0.2, -0.15) is 0 Å². The summed E-state index contributed by atoms with van der Waals surface area (Å²) in [6.45, 7) is 4.49. The Kier molecular flexibility index (Phi) is 4.41. The van der Waals surface area contributed by atoms with Gasteiger partial charge in [-0.25, -0.2) is 8.42 Å². The molecule has 21 heavy (non-hydrogen) atoms. The Morgan fingerprint density at radius 3 is 2.71 bits per heavy atom. The minimum atomic E-state index is -3.46. The maximum Gasteiger partial charge on any atom is 0.263 e. The van der Waals surface area contributed by atoms with Crippen LogP contribution in [0.25, 0.3) is 0 Å². The van der Waals surface area contributed by atoms with Crippen molar-refractivity contribution in [1.29, 1.82) is 0 Å². The summed E-state index contributed by atoms with van der Waals surface area (Å²) < 4.78 is 30.7. The van der Waals surface area contributed by atoms with Gasteiger partial charge >= 0.3 is 0 Å². The third kappa shape index (κ3) is 3.66. The molecule has 0 saturated carbocycles. The molecule has 1 heterocycles. The SMILES string of the molecule is CC(C)CNC(=O)[C@@H]1CN(S(C)(=O)=O)c2ccccc2O1. The Hall–Kier alpha value is -1.76. The van der Waals surface area contributed by atoms with E-state index in [1.807, 2.05) is 13.8 Å². The van der Waals surface area contributed by atoms with Gasteiger partial charge < -0.3 is 10.1 Å². The predicted octanol–water partition coefficient (Wildman–Crippen LogP) is 0.986. The molecule has 1 aromatic carbocycles. The van der Waals surface area contributed by atoms with E-state index < -0.39 is 16.1 Å². The van der Waals surface area contributed by atoms with Crippen molar-refractivity contribution in [3.05, 3.63) is 24.3 Å². The molecule has 0 aliphatic carbocycles. The molecule has 0 fully saturated rings. The first-order valence-corrected chi connectivity index (χ1v) is 8.65. The first-order chi connectivity index (χ1) is 9.79. The lowest BCUT2D eigenvalue weighted by atomic mass is 10.2. The zero-order valence-electron chi connectivity index (χ0n) is 12.4. The number of hydrogen-bond acceptors (Lipinski definition) is 4. The number of fused-ring (bicyclic) bond motifs is 1. The molecule has 0 bridgehead atoms. The highest BCUT2D eigenvalue weighted by molar-refractivity contribution is 7.92. The molecule has 0 unspecified atom stereocenters. The number of hydrogen-bond donors (Lipinski definition) is 1. The van der Waals surface area contributed by atoms with Crippen molar-refractivity contribution < 1.29 is 17.9 Å². The third-order valence-electron chi connectivity index (χ3n) is 3.11. The van der Waals surface area contributed by atoms with Gasteiger partial charge in [0.15, 0.2) is 6.10 Å². The molecular formula is C14H20N2O4S. The number of sulfonamides is 1. The van der Waals surface area contributed by atoms with Crippen molar-refractivity contribution in [3.63, 3.8) is 0 Å². The van der Waals surface area contributed by atoms with Gasteiger partial charge in [0.05, 0.1) is 18.5 Å². The fourth-order valence-corrected chi connectivity index (χ4v) is 2.99. The van der Waals surface area contributed by atoms with Gasteiger partial charge in [-0.3, -0.25) is 9.10 Å². The molecule has 1 aliphatic rings. The Morgan fingerprint density at radius 2 is 2.10 bits per heavy atom. The van der Waals surface area contributed by atoms with Crippen molar-refractivity contribution in [3.8, 4) is 5.75 Å². The van der Waals surface area contributed by atoms with E-state index in [9.17, 15) is 13.2 Å². The van der Waals surface area contributed by atoms with Crippen LogP contribution in [0.5, 0.6) is 5.75 Å². The number of rotatable bonds is 4. The second-order valence-corrected chi connectivity index (χ2v) is 7.41. The van der Waals surface area contributed by atoms with Crippen LogP contribution in [0.15, 0.2) is 24.3 Å². The van der Waals surface area contributed by atoms with Crippen LogP contribution in [-0.2, 0) is 14.8 Å². The number of nitrogens with zero attached hydrogens (tertiary/aromatic N) is 1. The molecule has 6 nitrogen and oxygen atoms in total. The minimum Gasteiger partial charge on any atom is -0.476 e. The van der Waals surface area contributed by atoms with Crippen molar-refractivity contribution in [1.82, 2.24) is 5.32 Å². The highest BCUT2D eigenvalue weighted by Gasteiger charge is 2.34. The molecule has 1 aromatic rings. The van der Waals surface area contributed by atoms with Crippen LogP contribution in [0.1, 0.15) is 13.8 Å². The summed E-state index contributed by atoms with van der Waals surface area (Å²) in [5.74, 6) is 0.418. The number of anilines is 1. The lowest BCUT2D eigenvalue weighted by Crippen LogP contribution is -2.50. The maximum atomic E-state index is 12.1. The van der Waals surface area contributed by atoms with E-state index in [0.29, 0.717) is 23.9 Å². The summed E-state index contributed by atoms with van der Waals surface area (Å²) in [6, 6.07) is 6.81. The largest absolute Gasteiger partial charge is 0.476 e. The van der Waals surface area contributed by atoms with Gasteiger partial charge in [0.1, 0.15) is 5.75 Å². The van der Waals surface area contributed by atoms with E-state index in [1.54, 1.807) is 24.3 Å². The lowest BCUT2D eigenvalue weighted by Gasteiger charge is -2.33. The van der Waals surface area contributed by atoms with Crippen LogP contribution >= 0.6 is 0 Å². The molecule has 0 aromatic heterocycles. The number of para-hydroxylation sites is 2. The second kappa shape index (κ2) is 5.93. The van der Waals surface area contributed by atoms with Gasteiger partial charge in [0, 0.05) is 6.54 Å². The first kappa shape index (κ1) is 15.6. The van der Waals surface area contributed by atoms with E-state index in [4.69, 9.17) is 4.74 Å². The van der Waals surface area contributed by atoms with Crippen LogP contribution in [0.3, 0.4) is 0 Å². The summed E-state index contributed by atoms with van der Waals surface area (Å²) in [5, 5.41) is 2.77. The molecule has 0 spiro atoms. The van der Waals surface area contributed by atoms with Gasteiger partial charge in [-0.1, -0.05) is 26.0 Å². The summed E-state index contributed by atoms with van der Waals surface area (Å²) >= 11 is 0. The van der Waals surface area contributed by atoms with Gasteiger partial charge in [0.25, 0.3) is 5.91 Å². The van der Waals surface area contributed by atoms with Crippen LogP contribution < -0.4 is 14.4 Å². The minimum absolute atomic E-state index is 0.0141. The number of carbonyl (C=O) groups excluding carboxylic acids is 1. The number of amides is 1. The Labute approximate surface area is 125 Å². The lowest BCUT2D eigenvalue weighted by molar-refractivity contribution is -0.127. The van der Waals surface area contributed by atoms with Crippen molar-refractivity contribution >= 4 is 21.6 Å². The fraction of sp³-hybridized carbons (Fsp3) is 0.500. The molecule has 1 amide bonds. The highest BCUT2D eigenvalue weighted by Crippen LogP contribution is 2.34. The van der Waals surface area contributed by atoms with E-state index >= 15 is 0 Å². The number of nitrogens with one attached hydrogen (secondary N) is 1. The normalized spacial score (nSPS) is 18.1. The van der Waals surface area contributed by atoms with Crippen LogP contribution in [0, 0.1) is 5.92 Å². The first-order valence-electron chi connectivity index (χ1n) is 6.80. The summed E-state index contributed by atoms with van der Waals surface area (Å²) in [7, 11) is -3.46. The monoisotopic (exact) mass is 312 g/mol. The van der Waals surface area contributed by atoms with Crippen LogP contribution in [-0.4, -0.2) is 39.8 Å². The van der Waals surface area contributed by atoms with Crippen LogP contribution in [0.4, 0.5) is 5.69 Å². The molecule has 0 radical (unpaired) electrons. The molecule has 7 heteroatoms. The highest BCUT2D eigenvalue weighted by atomic mass is 32.2. The third-order valence-corrected chi connectivity index (χ3v) is 4.26.